The van der Waals surface area contributed by atoms with E-state index in [-0.39, 0.29) is 6.71 Å². The molecule has 0 nitrogen and oxygen atoms in total. The molecule has 1 unspecified atom stereocenters. The van der Waals surface area contributed by atoms with Gasteiger partial charge in [-0.3, -0.25) is 0 Å². The molecular formula is C47H52B2S3. The first-order valence-electron chi connectivity index (χ1n) is 18.9. The number of aryl methyl sites for hydroxylation is 10. The van der Waals surface area contributed by atoms with Gasteiger partial charge in [0.2, 0.25) is 6.71 Å². The first-order valence-corrected chi connectivity index (χ1v) is 21.6. The Hall–Kier alpha value is -3.11. The number of hydrogen-bond acceptors (Lipinski definition) is 3. The van der Waals surface area contributed by atoms with Gasteiger partial charge in [-0.25, -0.2) is 0 Å². The number of benzene rings is 4. The third-order valence-corrected chi connectivity index (χ3v) is 15.4. The van der Waals surface area contributed by atoms with Gasteiger partial charge in [-0.05, 0) is 116 Å². The normalized spacial score (nSPS) is 15.5. The van der Waals surface area contributed by atoms with Crippen LogP contribution in [-0.4, -0.2) is 24.3 Å². The van der Waals surface area contributed by atoms with Crippen molar-refractivity contribution in [3.05, 3.63) is 149 Å². The number of rotatable bonds is 8. The quantitative estimate of drug-likeness (QED) is 0.146. The highest BCUT2D eigenvalue weighted by atomic mass is 32.2. The molecule has 5 heteroatoms. The monoisotopic (exact) mass is 734 g/mol. The number of thiophene rings is 1. The fourth-order valence-electron chi connectivity index (χ4n) is 9.68. The Balaban J connectivity index is 1.14. The summed E-state index contributed by atoms with van der Waals surface area (Å²) in [4.78, 5) is 4.30. The molecule has 0 aliphatic carbocycles. The van der Waals surface area contributed by atoms with E-state index in [0.29, 0.717) is 11.9 Å². The van der Waals surface area contributed by atoms with Crippen molar-refractivity contribution in [3.63, 3.8) is 0 Å². The molecule has 1 aromatic heterocycles. The Kier molecular flexibility index (Phi) is 10.7. The van der Waals surface area contributed by atoms with Gasteiger partial charge in [0.15, 0.2) is 0 Å². The lowest BCUT2D eigenvalue weighted by Crippen LogP contribution is -2.57. The zero-order valence-corrected chi connectivity index (χ0v) is 35.5. The topological polar surface area (TPSA) is 0 Å². The highest BCUT2D eigenvalue weighted by Gasteiger charge is 2.40. The van der Waals surface area contributed by atoms with Gasteiger partial charge in [0.25, 0.3) is 6.71 Å². The molecule has 52 heavy (non-hydrogen) atoms. The van der Waals surface area contributed by atoms with E-state index in [1.807, 2.05) is 23.1 Å². The average molecular weight is 735 g/mol. The third-order valence-electron chi connectivity index (χ3n) is 11.3. The number of thioether (sulfide) groups is 2. The Morgan fingerprint density at radius 1 is 0.692 bits per heavy atom. The summed E-state index contributed by atoms with van der Waals surface area (Å²) in [6.45, 7) is 25.7. The molecule has 2 aliphatic rings. The van der Waals surface area contributed by atoms with Crippen LogP contribution in [0.3, 0.4) is 0 Å². The second-order valence-electron chi connectivity index (χ2n) is 15.7. The molecule has 0 bridgehead atoms. The number of allylic oxidation sites excluding steroid dienone is 2. The minimum atomic E-state index is 0.220. The van der Waals surface area contributed by atoms with E-state index in [0.717, 1.165) is 18.6 Å². The fourth-order valence-corrected chi connectivity index (χ4v) is 13.5. The summed E-state index contributed by atoms with van der Waals surface area (Å²) in [5.74, 6) is 1.02. The van der Waals surface area contributed by atoms with Crippen LogP contribution in [0.1, 0.15) is 85.0 Å². The summed E-state index contributed by atoms with van der Waals surface area (Å²) in [6.07, 6.45) is 7.08. The first-order chi connectivity index (χ1) is 24.8. The van der Waals surface area contributed by atoms with Crippen molar-refractivity contribution in [1.82, 2.24) is 0 Å². The maximum absolute atomic E-state index is 2.55. The van der Waals surface area contributed by atoms with E-state index in [1.165, 1.54) is 86.0 Å². The lowest BCUT2D eigenvalue weighted by Gasteiger charge is -2.33. The Morgan fingerprint density at radius 2 is 1.17 bits per heavy atom. The van der Waals surface area contributed by atoms with Gasteiger partial charge < -0.3 is 0 Å². The predicted molar refractivity (Wildman–Crippen MR) is 240 cm³/mol. The maximum atomic E-state index is 2.55. The summed E-state index contributed by atoms with van der Waals surface area (Å²) >= 11 is 6.15. The second-order valence-corrected chi connectivity index (χ2v) is 19.2. The molecule has 0 saturated heterocycles. The minimum Gasteiger partial charge on any atom is -0.149 e. The van der Waals surface area contributed by atoms with Gasteiger partial charge in [-0.2, -0.15) is 0 Å². The molecule has 264 valence electrons. The van der Waals surface area contributed by atoms with Gasteiger partial charge in [0, 0.05) is 20.7 Å². The smallest absolute Gasteiger partial charge is 0.149 e. The lowest BCUT2D eigenvalue weighted by molar-refractivity contribution is 1.12. The average Bonchev–Trinajstić information content (AvgIpc) is 3.73. The molecular weight excluding hydrogens is 682 g/mol. The van der Waals surface area contributed by atoms with Crippen molar-refractivity contribution in [2.45, 2.75) is 94.2 Å². The lowest BCUT2D eigenvalue weighted by atomic mass is 9.33. The summed E-state index contributed by atoms with van der Waals surface area (Å²) in [7, 11) is 0. The largest absolute Gasteiger partial charge is 0.255 e. The SMILES string of the molecule is C/C=C(\SCC1=CCC(B2c3c(C)cc(C)cc3Cc3cc(C)cc(C)c32)S1)c1ccc(B(c2c(C)cc(C)cc2C)c2c(C)cc(C)cc2C)s1. The van der Waals surface area contributed by atoms with Crippen molar-refractivity contribution < 1.29 is 0 Å². The molecule has 0 amide bonds. The second kappa shape index (κ2) is 15.0. The molecule has 4 aromatic carbocycles. The van der Waals surface area contributed by atoms with Crippen LogP contribution in [0.15, 0.2) is 77.7 Å². The van der Waals surface area contributed by atoms with Crippen molar-refractivity contribution in [2.24, 2.45) is 0 Å². The third kappa shape index (κ3) is 7.10. The fraction of sp³-hybridized carbons (Fsp3) is 0.319. The maximum Gasteiger partial charge on any atom is 0.255 e. The number of fused-ring (bicyclic) bond motifs is 2. The van der Waals surface area contributed by atoms with E-state index < -0.39 is 0 Å². The van der Waals surface area contributed by atoms with Crippen LogP contribution in [0.5, 0.6) is 0 Å². The minimum absolute atomic E-state index is 0.220. The van der Waals surface area contributed by atoms with Crippen LogP contribution in [0.2, 0.25) is 0 Å². The van der Waals surface area contributed by atoms with Crippen molar-refractivity contribution in [1.29, 1.82) is 0 Å². The van der Waals surface area contributed by atoms with E-state index in [4.69, 9.17) is 0 Å². The molecule has 5 aromatic rings. The summed E-state index contributed by atoms with van der Waals surface area (Å²) in [5.41, 5.74) is 23.1. The molecule has 1 atom stereocenters. The molecule has 0 radical (unpaired) electrons. The van der Waals surface area contributed by atoms with Crippen LogP contribution in [0.4, 0.5) is 0 Å². The van der Waals surface area contributed by atoms with E-state index in [1.54, 1.807) is 22.1 Å². The molecule has 0 spiro atoms. The molecule has 2 aliphatic heterocycles. The van der Waals surface area contributed by atoms with Gasteiger partial charge in [-0.1, -0.05) is 144 Å². The van der Waals surface area contributed by atoms with Crippen molar-refractivity contribution >= 4 is 79.8 Å². The van der Waals surface area contributed by atoms with Gasteiger partial charge >= 0.3 is 0 Å². The molecule has 0 N–H and O–H groups in total. The highest BCUT2D eigenvalue weighted by molar-refractivity contribution is 8.11. The molecule has 0 fully saturated rings. The highest BCUT2D eigenvalue weighted by Crippen LogP contribution is 2.41. The molecule has 3 heterocycles. The summed E-state index contributed by atoms with van der Waals surface area (Å²) < 4.78 is 1.43. The standard InChI is InChI=1S/C47H52B2S3/c1-12-40(41-14-16-43(52-41)48(44-31(6)17-27(2)18-32(44)7)45-33(8)19-28(3)20-34(45)9)50-26-39-13-15-42(51-39)49-46-35(10)21-29(4)23-37(46)25-38-24-30(5)22-36(11)47(38)49/h12-14,16-24,42H,15,25-26H2,1-11H3/b40-12-. The molecule has 0 saturated carbocycles. The molecule has 7 rings (SSSR count). The Bertz CT molecular complexity index is 2110. The van der Waals surface area contributed by atoms with Gasteiger partial charge in [-0.15, -0.1) is 34.9 Å². The van der Waals surface area contributed by atoms with Crippen LogP contribution in [0, 0.1) is 69.2 Å². The van der Waals surface area contributed by atoms with E-state index in [2.05, 4.69) is 161 Å². The van der Waals surface area contributed by atoms with Crippen molar-refractivity contribution in [2.75, 3.05) is 5.75 Å². The van der Waals surface area contributed by atoms with Crippen LogP contribution in [-0.2, 0) is 6.42 Å². The van der Waals surface area contributed by atoms with E-state index in [9.17, 15) is 0 Å². The summed E-state index contributed by atoms with van der Waals surface area (Å²) in [6, 6.07) is 24.0. The van der Waals surface area contributed by atoms with Crippen molar-refractivity contribution in [3.8, 4) is 0 Å². The van der Waals surface area contributed by atoms with Gasteiger partial charge in [0.05, 0.1) is 0 Å². The summed E-state index contributed by atoms with van der Waals surface area (Å²) in [5, 5.41) is 0.529. The number of hydrogen-bond donors (Lipinski definition) is 0. The zero-order valence-electron chi connectivity index (χ0n) is 33.0. The van der Waals surface area contributed by atoms with Crippen LogP contribution in [0.25, 0.3) is 4.91 Å². The van der Waals surface area contributed by atoms with E-state index >= 15 is 0 Å². The van der Waals surface area contributed by atoms with Gasteiger partial charge in [0.1, 0.15) is 0 Å². The first kappa shape index (κ1) is 37.2. The zero-order chi connectivity index (χ0) is 37.0. The van der Waals surface area contributed by atoms with Crippen LogP contribution >= 0.6 is 34.9 Å². The Morgan fingerprint density at radius 3 is 1.67 bits per heavy atom. The Labute approximate surface area is 327 Å². The van der Waals surface area contributed by atoms with Crippen LogP contribution < -0.4 is 26.6 Å². The predicted octanol–water partition coefficient (Wildman–Crippen LogP) is 9.58.